The van der Waals surface area contributed by atoms with Crippen molar-refractivity contribution in [3.63, 3.8) is 0 Å². The summed E-state index contributed by atoms with van der Waals surface area (Å²) in [5.74, 6) is 0.958. The summed E-state index contributed by atoms with van der Waals surface area (Å²) in [5.41, 5.74) is 1.76. The van der Waals surface area contributed by atoms with Gasteiger partial charge in [-0.15, -0.1) is 0 Å². The Labute approximate surface area is 69.0 Å². The molecule has 2 aliphatic rings. The molecule has 0 N–H and O–H groups in total. The van der Waals surface area contributed by atoms with E-state index in [0.29, 0.717) is 0 Å². The van der Waals surface area contributed by atoms with Crippen molar-refractivity contribution in [3.05, 3.63) is 23.8 Å². The Morgan fingerprint density at radius 1 is 1.18 bits per heavy atom. The lowest BCUT2D eigenvalue weighted by molar-refractivity contribution is 0.575. The Balaban J connectivity index is 2.10. The summed E-state index contributed by atoms with van der Waals surface area (Å²) in [5, 5.41) is 0. The first-order chi connectivity index (χ1) is 5.47. The SMILES string of the molecule is C1=C\CCC2CCC/C2=C/C/1. The molecule has 0 saturated heterocycles. The zero-order valence-electron chi connectivity index (χ0n) is 7.05. The van der Waals surface area contributed by atoms with Crippen LogP contribution in [0, 0.1) is 5.92 Å². The zero-order valence-corrected chi connectivity index (χ0v) is 7.05. The average molecular weight is 148 g/mol. The molecule has 1 atom stereocenters. The predicted octanol–water partition coefficient (Wildman–Crippen LogP) is 3.45. The first-order valence-electron chi connectivity index (χ1n) is 4.81. The van der Waals surface area contributed by atoms with Gasteiger partial charge in [0.25, 0.3) is 0 Å². The lowest BCUT2D eigenvalue weighted by Gasteiger charge is -2.11. The topological polar surface area (TPSA) is 0 Å². The molecule has 2 rings (SSSR count). The number of hydrogen-bond acceptors (Lipinski definition) is 0. The number of allylic oxidation sites excluding steroid dienone is 4. The fourth-order valence-electron chi connectivity index (χ4n) is 2.27. The lowest BCUT2D eigenvalue weighted by Crippen LogP contribution is -1.97. The van der Waals surface area contributed by atoms with Crippen LogP contribution in [-0.4, -0.2) is 0 Å². The molecule has 0 spiro atoms. The first kappa shape index (κ1) is 7.15. The maximum Gasteiger partial charge on any atom is -0.0166 e. The average Bonchev–Trinajstić information content (AvgIpc) is 2.35. The van der Waals surface area contributed by atoms with E-state index in [4.69, 9.17) is 0 Å². The molecule has 2 aliphatic carbocycles. The van der Waals surface area contributed by atoms with Crippen LogP contribution in [0.4, 0.5) is 0 Å². The second-order valence-electron chi connectivity index (χ2n) is 3.65. The minimum Gasteiger partial charge on any atom is -0.0882 e. The molecular weight excluding hydrogens is 132 g/mol. The number of rotatable bonds is 0. The van der Waals surface area contributed by atoms with Crippen molar-refractivity contribution < 1.29 is 0 Å². The number of hydrogen-bond donors (Lipinski definition) is 0. The third kappa shape index (κ3) is 1.55. The summed E-state index contributed by atoms with van der Waals surface area (Å²) in [6, 6.07) is 0. The maximum atomic E-state index is 2.45. The second-order valence-corrected chi connectivity index (χ2v) is 3.65. The van der Waals surface area contributed by atoms with Crippen molar-refractivity contribution in [1.82, 2.24) is 0 Å². The van der Waals surface area contributed by atoms with E-state index >= 15 is 0 Å². The van der Waals surface area contributed by atoms with Crippen molar-refractivity contribution in [2.75, 3.05) is 0 Å². The fraction of sp³-hybridized carbons (Fsp3) is 0.636. The number of fused-ring (bicyclic) bond motifs is 1. The van der Waals surface area contributed by atoms with Crippen LogP contribution in [0.2, 0.25) is 0 Å². The van der Waals surface area contributed by atoms with Gasteiger partial charge in [0.1, 0.15) is 0 Å². The van der Waals surface area contributed by atoms with Gasteiger partial charge in [0, 0.05) is 0 Å². The summed E-state index contributed by atoms with van der Waals surface area (Å²) >= 11 is 0. The quantitative estimate of drug-likeness (QED) is 0.461. The van der Waals surface area contributed by atoms with E-state index < -0.39 is 0 Å². The van der Waals surface area contributed by atoms with E-state index in [1.54, 1.807) is 5.57 Å². The van der Waals surface area contributed by atoms with Crippen molar-refractivity contribution >= 4 is 0 Å². The molecule has 0 nitrogen and oxygen atoms in total. The van der Waals surface area contributed by atoms with Gasteiger partial charge < -0.3 is 0 Å². The largest absolute Gasteiger partial charge is 0.0882 e. The van der Waals surface area contributed by atoms with E-state index in [1.165, 1.54) is 38.5 Å². The third-order valence-corrected chi connectivity index (χ3v) is 2.91. The second kappa shape index (κ2) is 3.25. The van der Waals surface area contributed by atoms with Gasteiger partial charge in [-0.3, -0.25) is 0 Å². The Morgan fingerprint density at radius 3 is 3.18 bits per heavy atom. The molecule has 0 radical (unpaired) electrons. The highest BCUT2D eigenvalue weighted by Gasteiger charge is 2.19. The Morgan fingerprint density at radius 2 is 2.18 bits per heavy atom. The van der Waals surface area contributed by atoms with E-state index in [9.17, 15) is 0 Å². The van der Waals surface area contributed by atoms with Gasteiger partial charge in [-0.25, -0.2) is 0 Å². The van der Waals surface area contributed by atoms with Crippen LogP contribution in [-0.2, 0) is 0 Å². The Bertz CT molecular complexity index is 186. The maximum absolute atomic E-state index is 2.45. The van der Waals surface area contributed by atoms with Crippen molar-refractivity contribution in [3.8, 4) is 0 Å². The summed E-state index contributed by atoms with van der Waals surface area (Å²) < 4.78 is 0. The Hall–Kier alpha value is -0.520. The van der Waals surface area contributed by atoms with Crippen LogP contribution in [0.1, 0.15) is 38.5 Å². The molecule has 0 bridgehead atoms. The van der Waals surface area contributed by atoms with E-state index in [0.717, 1.165) is 5.92 Å². The predicted molar refractivity (Wildman–Crippen MR) is 48.4 cm³/mol. The third-order valence-electron chi connectivity index (χ3n) is 2.91. The van der Waals surface area contributed by atoms with Crippen LogP contribution in [0.25, 0.3) is 0 Å². The van der Waals surface area contributed by atoms with Gasteiger partial charge in [-0.05, 0) is 44.4 Å². The minimum absolute atomic E-state index is 0.958. The monoisotopic (exact) mass is 148 g/mol. The molecule has 0 aromatic heterocycles. The molecule has 0 amide bonds. The van der Waals surface area contributed by atoms with E-state index in [2.05, 4.69) is 18.2 Å². The summed E-state index contributed by atoms with van der Waals surface area (Å²) in [6.07, 6.45) is 15.3. The first-order valence-corrected chi connectivity index (χ1v) is 4.81. The van der Waals surface area contributed by atoms with Crippen LogP contribution in [0.5, 0.6) is 0 Å². The minimum atomic E-state index is 0.958. The fourth-order valence-corrected chi connectivity index (χ4v) is 2.27. The van der Waals surface area contributed by atoms with Gasteiger partial charge >= 0.3 is 0 Å². The van der Waals surface area contributed by atoms with Crippen LogP contribution >= 0.6 is 0 Å². The normalized spacial score (nSPS) is 38.2. The van der Waals surface area contributed by atoms with E-state index in [-0.39, 0.29) is 0 Å². The van der Waals surface area contributed by atoms with Crippen LogP contribution in [0.15, 0.2) is 23.8 Å². The van der Waals surface area contributed by atoms with Crippen molar-refractivity contribution in [2.45, 2.75) is 38.5 Å². The summed E-state index contributed by atoms with van der Waals surface area (Å²) in [4.78, 5) is 0. The van der Waals surface area contributed by atoms with Gasteiger partial charge in [0.2, 0.25) is 0 Å². The molecule has 1 unspecified atom stereocenters. The van der Waals surface area contributed by atoms with Gasteiger partial charge in [-0.2, -0.15) is 0 Å². The summed E-state index contributed by atoms with van der Waals surface area (Å²) in [6.45, 7) is 0. The zero-order chi connectivity index (χ0) is 7.52. The van der Waals surface area contributed by atoms with Gasteiger partial charge in [-0.1, -0.05) is 23.8 Å². The molecule has 0 aromatic rings. The summed E-state index contributed by atoms with van der Waals surface area (Å²) in [7, 11) is 0. The highest BCUT2D eigenvalue weighted by atomic mass is 14.2. The molecule has 0 aromatic carbocycles. The van der Waals surface area contributed by atoms with Crippen molar-refractivity contribution in [1.29, 1.82) is 0 Å². The molecule has 1 saturated carbocycles. The van der Waals surface area contributed by atoms with Gasteiger partial charge in [0.05, 0.1) is 0 Å². The van der Waals surface area contributed by atoms with E-state index in [1.807, 2.05) is 0 Å². The molecule has 60 valence electrons. The molecule has 0 heterocycles. The highest BCUT2D eigenvalue weighted by Crippen LogP contribution is 2.35. The molecule has 1 fully saturated rings. The van der Waals surface area contributed by atoms with Crippen LogP contribution in [0.3, 0.4) is 0 Å². The molecule has 0 aliphatic heterocycles. The van der Waals surface area contributed by atoms with Crippen molar-refractivity contribution in [2.24, 2.45) is 5.92 Å². The molecular formula is C11H16. The smallest absolute Gasteiger partial charge is 0.0166 e. The molecule has 11 heavy (non-hydrogen) atoms. The standard InChI is InChI=1S/C11H16/c1-2-4-7-11-9-5-8-10(11)6-3-1/h1-2,6,11H,3-5,7-9H2/b2-1-,10-6-. The lowest BCUT2D eigenvalue weighted by atomic mass is 9.94. The highest BCUT2D eigenvalue weighted by molar-refractivity contribution is 5.14. The molecule has 0 heteroatoms. The Kier molecular flexibility index (Phi) is 2.11. The van der Waals surface area contributed by atoms with Crippen LogP contribution < -0.4 is 0 Å². The van der Waals surface area contributed by atoms with Gasteiger partial charge in [0.15, 0.2) is 0 Å².